The van der Waals surface area contributed by atoms with Crippen molar-refractivity contribution in [3.05, 3.63) is 60.1 Å². The van der Waals surface area contributed by atoms with Gasteiger partial charge in [-0.15, -0.1) is 0 Å². The fourth-order valence-corrected chi connectivity index (χ4v) is 3.78. The van der Waals surface area contributed by atoms with Crippen LogP contribution in [0.4, 0.5) is 16.2 Å². The molecule has 0 spiro atoms. The molecule has 3 aromatic rings. The second-order valence-electron chi connectivity index (χ2n) is 7.59. The molecule has 11 heteroatoms. The Labute approximate surface area is 204 Å². The van der Waals surface area contributed by atoms with Gasteiger partial charge in [0.25, 0.3) is 0 Å². The molecule has 0 aliphatic heterocycles. The van der Waals surface area contributed by atoms with Gasteiger partial charge in [-0.2, -0.15) is 0 Å². The molecule has 35 heavy (non-hydrogen) atoms. The Morgan fingerprint density at radius 1 is 1.11 bits per heavy atom. The first-order valence-corrected chi connectivity index (χ1v) is 12.8. The van der Waals surface area contributed by atoms with Crippen LogP contribution in [0.3, 0.4) is 0 Å². The zero-order valence-electron chi connectivity index (χ0n) is 19.4. The quantitative estimate of drug-likeness (QED) is 0.301. The number of amides is 2. The Balaban J connectivity index is 1.65. The van der Waals surface area contributed by atoms with E-state index in [1.54, 1.807) is 55.8 Å². The summed E-state index contributed by atoms with van der Waals surface area (Å²) in [5.41, 5.74) is 1.51. The number of carbonyl (C=O) groups excluding carboxylic acids is 1. The van der Waals surface area contributed by atoms with E-state index < -0.39 is 15.9 Å². The van der Waals surface area contributed by atoms with Gasteiger partial charge >= 0.3 is 6.03 Å². The van der Waals surface area contributed by atoms with Crippen LogP contribution in [0.15, 0.2) is 48.7 Å². The SMILES string of the molecule is [C-]#[N+]c1cc2c(Oc3ccc(NC(=O)NCCCS(C)(=O)=O)cc3)ccnc2cc1OCCOC. The summed E-state index contributed by atoms with van der Waals surface area (Å²) < 4.78 is 38.9. The highest BCUT2D eigenvalue weighted by atomic mass is 32.2. The summed E-state index contributed by atoms with van der Waals surface area (Å²) >= 11 is 0. The molecule has 0 unspecified atom stereocenters. The minimum Gasteiger partial charge on any atom is -0.502 e. The molecule has 0 radical (unpaired) electrons. The van der Waals surface area contributed by atoms with Gasteiger partial charge in [0.2, 0.25) is 5.69 Å². The van der Waals surface area contributed by atoms with Crippen molar-refractivity contribution >= 4 is 38.1 Å². The van der Waals surface area contributed by atoms with E-state index in [1.165, 1.54) is 0 Å². The molecule has 184 valence electrons. The van der Waals surface area contributed by atoms with Crippen molar-refractivity contribution in [2.45, 2.75) is 6.42 Å². The maximum atomic E-state index is 12.0. The number of nitrogens with zero attached hydrogens (tertiary/aromatic N) is 2. The van der Waals surface area contributed by atoms with Crippen LogP contribution >= 0.6 is 0 Å². The van der Waals surface area contributed by atoms with E-state index >= 15 is 0 Å². The molecule has 1 heterocycles. The Hall–Kier alpha value is -3.88. The monoisotopic (exact) mass is 498 g/mol. The lowest BCUT2D eigenvalue weighted by atomic mass is 10.1. The van der Waals surface area contributed by atoms with Crippen molar-refractivity contribution in [3.63, 3.8) is 0 Å². The van der Waals surface area contributed by atoms with E-state index in [2.05, 4.69) is 20.5 Å². The number of urea groups is 1. The van der Waals surface area contributed by atoms with Gasteiger partial charge in [-0.1, -0.05) is 0 Å². The van der Waals surface area contributed by atoms with E-state index in [1.807, 2.05) is 0 Å². The van der Waals surface area contributed by atoms with Crippen molar-refractivity contribution in [2.24, 2.45) is 0 Å². The number of nitrogens with one attached hydrogen (secondary N) is 2. The number of fused-ring (bicyclic) bond motifs is 1. The number of anilines is 1. The van der Waals surface area contributed by atoms with Crippen molar-refractivity contribution in [1.82, 2.24) is 10.3 Å². The van der Waals surface area contributed by atoms with E-state index in [0.29, 0.717) is 59.2 Å². The molecule has 0 saturated heterocycles. The standard InChI is InChI=1S/C24H26N4O6S/c1-25-21-15-19-20(16-23(21)33-13-12-32-2)26-11-9-22(19)34-18-7-5-17(6-8-18)28-24(29)27-10-4-14-35(3,30)31/h5-9,11,15-16H,4,10,12-14H2,2-3H3,(H2,27,28,29). The first-order chi connectivity index (χ1) is 16.8. The third kappa shape index (κ3) is 7.84. The molecule has 10 nitrogen and oxygen atoms in total. The summed E-state index contributed by atoms with van der Waals surface area (Å²) in [5, 5.41) is 5.96. The molecule has 0 atom stereocenters. The molecule has 0 aliphatic carbocycles. The number of pyridine rings is 1. The van der Waals surface area contributed by atoms with Gasteiger partial charge in [-0.05, 0) is 48.9 Å². The van der Waals surface area contributed by atoms with Crippen LogP contribution in [-0.4, -0.2) is 58.3 Å². The molecule has 3 rings (SSSR count). The van der Waals surface area contributed by atoms with Crippen LogP contribution in [0, 0.1) is 6.57 Å². The van der Waals surface area contributed by atoms with Gasteiger partial charge in [0.15, 0.2) is 0 Å². The number of methoxy groups -OCH3 is 1. The summed E-state index contributed by atoms with van der Waals surface area (Å²) in [4.78, 5) is 19.9. The Morgan fingerprint density at radius 3 is 2.57 bits per heavy atom. The molecular weight excluding hydrogens is 472 g/mol. The predicted octanol–water partition coefficient (Wildman–Crippen LogP) is 4.16. The number of benzene rings is 2. The Morgan fingerprint density at radius 2 is 1.89 bits per heavy atom. The fraction of sp³-hybridized carbons (Fsp3) is 0.292. The summed E-state index contributed by atoms with van der Waals surface area (Å²) in [7, 11) is -1.48. The number of carbonyl (C=O) groups is 1. The number of hydrogen-bond acceptors (Lipinski definition) is 7. The molecule has 2 N–H and O–H groups in total. The Kier molecular flexibility index (Phi) is 8.83. The van der Waals surface area contributed by atoms with Crippen LogP contribution in [-0.2, 0) is 14.6 Å². The molecule has 2 aromatic carbocycles. The van der Waals surface area contributed by atoms with E-state index in [-0.39, 0.29) is 12.3 Å². The number of sulfone groups is 1. The van der Waals surface area contributed by atoms with E-state index in [4.69, 9.17) is 20.8 Å². The summed E-state index contributed by atoms with van der Waals surface area (Å²) in [6.45, 7) is 8.45. The summed E-state index contributed by atoms with van der Waals surface area (Å²) in [5.74, 6) is 1.50. The fourth-order valence-electron chi connectivity index (χ4n) is 3.11. The van der Waals surface area contributed by atoms with Crippen LogP contribution in [0.25, 0.3) is 15.7 Å². The van der Waals surface area contributed by atoms with Crippen molar-refractivity contribution in [3.8, 4) is 17.2 Å². The van der Waals surface area contributed by atoms with Crippen LogP contribution < -0.4 is 20.1 Å². The predicted molar refractivity (Wildman–Crippen MR) is 133 cm³/mol. The third-order valence-corrected chi connectivity index (χ3v) is 5.80. The van der Waals surface area contributed by atoms with Crippen molar-refractivity contribution in [1.29, 1.82) is 0 Å². The Bertz CT molecular complexity index is 1320. The van der Waals surface area contributed by atoms with E-state index in [0.717, 1.165) is 6.26 Å². The average molecular weight is 499 g/mol. The number of hydrogen-bond donors (Lipinski definition) is 2. The number of ether oxygens (including phenoxy) is 3. The van der Waals surface area contributed by atoms with Crippen LogP contribution in [0.1, 0.15) is 6.42 Å². The normalized spacial score (nSPS) is 11.0. The first-order valence-electron chi connectivity index (χ1n) is 10.7. The summed E-state index contributed by atoms with van der Waals surface area (Å²) in [6, 6.07) is 11.4. The lowest BCUT2D eigenvalue weighted by molar-refractivity contribution is 0.147. The second-order valence-corrected chi connectivity index (χ2v) is 9.85. The smallest absolute Gasteiger partial charge is 0.319 e. The highest BCUT2D eigenvalue weighted by molar-refractivity contribution is 7.90. The molecule has 0 fully saturated rings. The first kappa shape index (κ1) is 25.7. The van der Waals surface area contributed by atoms with E-state index in [9.17, 15) is 13.2 Å². The number of aromatic nitrogens is 1. The zero-order chi connectivity index (χ0) is 25.3. The van der Waals surface area contributed by atoms with Gasteiger partial charge in [0, 0.05) is 37.2 Å². The molecular formula is C24H26N4O6S. The maximum Gasteiger partial charge on any atom is 0.319 e. The van der Waals surface area contributed by atoms with Crippen molar-refractivity contribution in [2.75, 3.05) is 44.2 Å². The molecule has 2 amide bonds. The minimum atomic E-state index is -3.05. The second kappa shape index (κ2) is 12.0. The molecule has 1 aromatic heterocycles. The van der Waals surface area contributed by atoms with Crippen molar-refractivity contribution < 1.29 is 27.4 Å². The van der Waals surface area contributed by atoms with Gasteiger partial charge in [0.1, 0.15) is 33.7 Å². The largest absolute Gasteiger partial charge is 0.502 e. The lowest BCUT2D eigenvalue weighted by Gasteiger charge is -2.12. The van der Waals surface area contributed by atoms with Gasteiger partial charge in [0.05, 0.1) is 24.4 Å². The number of rotatable bonds is 11. The van der Waals surface area contributed by atoms with Crippen LogP contribution in [0.5, 0.6) is 17.2 Å². The van der Waals surface area contributed by atoms with Gasteiger partial charge in [-0.3, -0.25) is 4.98 Å². The lowest BCUT2D eigenvalue weighted by Crippen LogP contribution is -2.30. The van der Waals surface area contributed by atoms with Gasteiger partial charge < -0.3 is 24.8 Å². The molecule has 0 aliphatic rings. The molecule has 0 bridgehead atoms. The average Bonchev–Trinajstić information content (AvgIpc) is 2.82. The minimum absolute atomic E-state index is 0.0164. The zero-order valence-corrected chi connectivity index (χ0v) is 20.2. The highest BCUT2D eigenvalue weighted by Crippen LogP contribution is 2.37. The third-order valence-electron chi connectivity index (χ3n) is 4.77. The van der Waals surface area contributed by atoms with Gasteiger partial charge in [-0.25, -0.2) is 18.1 Å². The highest BCUT2D eigenvalue weighted by Gasteiger charge is 2.12. The van der Waals surface area contributed by atoms with Crippen LogP contribution in [0.2, 0.25) is 0 Å². The maximum absolute atomic E-state index is 12.0. The summed E-state index contributed by atoms with van der Waals surface area (Å²) in [6.07, 6.45) is 3.11. The topological polar surface area (TPSA) is 120 Å². The molecule has 0 saturated carbocycles.